The number of hydrogen-bond acceptors (Lipinski definition) is 2. The van der Waals surface area contributed by atoms with Crippen LogP contribution in [0.5, 0.6) is 0 Å². The maximum Gasteiger partial charge on any atom is 0.168 e. The number of aliphatic hydroxyl groups is 1. The number of benzene rings is 1. The quantitative estimate of drug-likeness (QED) is 0.623. The summed E-state index contributed by atoms with van der Waals surface area (Å²) in [5, 5.41) is 10.1. The van der Waals surface area contributed by atoms with Crippen LogP contribution < -0.4 is 0 Å². The fourth-order valence-corrected chi connectivity index (χ4v) is 1.60. The predicted molar refractivity (Wildman–Crippen MR) is 65.4 cm³/mol. The van der Waals surface area contributed by atoms with Gasteiger partial charge in [0.05, 0.1) is 11.5 Å². The van der Waals surface area contributed by atoms with Crippen LogP contribution in [0, 0.1) is 5.92 Å². The summed E-state index contributed by atoms with van der Waals surface area (Å²) in [6.45, 7) is 5.22. The molecule has 0 aliphatic heterocycles. The molecule has 0 saturated carbocycles. The summed E-state index contributed by atoms with van der Waals surface area (Å²) in [4.78, 5) is 12.1. The SMILES string of the molecule is C/C=C/C(C)(O)C(C)C(=O)c1ccccc1. The Bertz CT molecular complexity index is 377. The standard InChI is InChI=1S/C14H18O2/c1-4-10-14(3,16)11(2)13(15)12-8-6-5-7-9-12/h4-11,16H,1-3H3/b10-4+. The summed E-state index contributed by atoms with van der Waals surface area (Å²) in [6, 6.07) is 9.05. The van der Waals surface area contributed by atoms with E-state index in [1.807, 2.05) is 25.1 Å². The van der Waals surface area contributed by atoms with Crippen LogP contribution in [-0.4, -0.2) is 16.5 Å². The minimum Gasteiger partial charge on any atom is -0.385 e. The highest BCUT2D eigenvalue weighted by Crippen LogP contribution is 2.22. The number of rotatable bonds is 4. The first kappa shape index (κ1) is 12.7. The van der Waals surface area contributed by atoms with Crippen molar-refractivity contribution in [3.8, 4) is 0 Å². The first-order valence-corrected chi connectivity index (χ1v) is 5.44. The smallest absolute Gasteiger partial charge is 0.168 e. The Balaban J connectivity index is 2.91. The number of hydrogen-bond donors (Lipinski definition) is 1. The van der Waals surface area contributed by atoms with Gasteiger partial charge in [-0.1, -0.05) is 49.4 Å². The van der Waals surface area contributed by atoms with Crippen molar-refractivity contribution in [2.45, 2.75) is 26.4 Å². The van der Waals surface area contributed by atoms with Gasteiger partial charge in [-0.05, 0) is 13.8 Å². The fourth-order valence-electron chi connectivity index (χ4n) is 1.60. The zero-order valence-corrected chi connectivity index (χ0v) is 9.97. The van der Waals surface area contributed by atoms with Gasteiger partial charge in [0.15, 0.2) is 5.78 Å². The van der Waals surface area contributed by atoms with Crippen LogP contribution in [0.25, 0.3) is 0 Å². The van der Waals surface area contributed by atoms with Crippen molar-refractivity contribution in [2.24, 2.45) is 5.92 Å². The second kappa shape index (κ2) is 5.08. The molecular weight excluding hydrogens is 200 g/mol. The third-order valence-electron chi connectivity index (χ3n) is 2.83. The van der Waals surface area contributed by atoms with E-state index in [-0.39, 0.29) is 5.78 Å². The molecule has 0 heterocycles. The molecule has 0 radical (unpaired) electrons. The number of carbonyl (C=O) groups excluding carboxylic acids is 1. The summed E-state index contributed by atoms with van der Waals surface area (Å²) in [7, 11) is 0. The summed E-state index contributed by atoms with van der Waals surface area (Å²) in [5.41, 5.74) is -0.457. The van der Waals surface area contributed by atoms with E-state index in [2.05, 4.69) is 0 Å². The number of allylic oxidation sites excluding steroid dienone is 1. The Morgan fingerprint density at radius 2 is 1.94 bits per heavy atom. The van der Waals surface area contributed by atoms with E-state index in [4.69, 9.17) is 0 Å². The molecule has 2 heteroatoms. The molecule has 0 fully saturated rings. The molecule has 0 bridgehead atoms. The van der Waals surface area contributed by atoms with Crippen LogP contribution in [0.1, 0.15) is 31.1 Å². The maximum absolute atomic E-state index is 12.1. The van der Waals surface area contributed by atoms with Gasteiger partial charge < -0.3 is 5.11 Å². The van der Waals surface area contributed by atoms with E-state index in [9.17, 15) is 9.90 Å². The predicted octanol–water partition coefficient (Wildman–Crippen LogP) is 2.83. The van der Waals surface area contributed by atoms with Crippen molar-refractivity contribution in [3.63, 3.8) is 0 Å². The lowest BCUT2D eigenvalue weighted by Crippen LogP contribution is -2.35. The topological polar surface area (TPSA) is 37.3 Å². The summed E-state index contributed by atoms with van der Waals surface area (Å²) in [6.07, 6.45) is 3.41. The lowest BCUT2D eigenvalue weighted by Gasteiger charge is -2.25. The van der Waals surface area contributed by atoms with Crippen molar-refractivity contribution in [2.75, 3.05) is 0 Å². The van der Waals surface area contributed by atoms with Crippen molar-refractivity contribution < 1.29 is 9.90 Å². The summed E-state index contributed by atoms with van der Waals surface area (Å²) in [5.74, 6) is -0.491. The normalized spacial score (nSPS) is 17.0. The lowest BCUT2D eigenvalue weighted by molar-refractivity contribution is 0.0449. The van der Waals surface area contributed by atoms with Crippen molar-refractivity contribution >= 4 is 5.78 Å². The second-order valence-corrected chi connectivity index (χ2v) is 4.18. The molecule has 86 valence electrons. The lowest BCUT2D eigenvalue weighted by atomic mass is 9.84. The highest BCUT2D eigenvalue weighted by Gasteiger charge is 2.31. The van der Waals surface area contributed by atoms with Crippen LogP contribution in [0.4, 0.5) is 0 Å². The van der Waals surface area contributed by atoms with Crippen molar-refractivity contribution in [1.29, 1.82) is 0 Å². The number of Topliss-reactive ketones (excluding diaryl/α,β-unsaturated/α-hetero) is 1. The number of carbonyl (C=O) groups is 1. The van der Waals surface area contributed by atoms with E-state index in [1.165, 1.54) is 0 Å². The van der Waals surface area contributed by atoms with Gasteiger partial charge in [0, 0.05) is 5.56 Å². The molecule has 0 aliphatic rings. The van der Waals surface area contributed by atoms with Gasteiger partial charge in [-0.15, -0.1) is 0 Å². The molecule has 0 aromatic heterocycles. The molecular formula is C14H18O2. The summed E-state index contributed by atoms with van der Waals surface area (Å²) >= 11 is 0. The maximum atomic E-state index is 12.1. The highest BCUT2D eigenvalue weighted by atomic mass is 16.3. The molecule has 1 rings (SSSR count). The fraction of sp³-hybridized carbons (Fsp3) is 0.357. The number of ketones is 1. The Morgan fingerprint density at radius 3 is 2.44 bits per heavy atom. The van der Waals surface area contributed by atoms with E-state index in [0.29, 0.717) is 5.56 Å². The van der Waals surface area contributed by atoms with Gasteiger partial charge in [0.1, 0.15) is 0 Å². The van der Waals surface area contributed by atoms with Gasteiger partial charge in [0.25, 0.3) is 0 Å². The molecule has 0 aliphatic carbocycles. The second-order valence-electron chi connectivity index (χ2n) is 4.18. The van der Waals surface area contributed by atoms with Gasteiger partial charge in [-0.3, -0.25) is 4.79 Å². The molecule has 2 unspecified atom stereocenters. The molecule has 0 amide bonds. The minimum absolute atomic E-state index is 0.0382. The third kappa shape index (κ3) is 2.80. The highest BCUT2D eigenvalue weighted by molar-refractivity contribution is 5.98. The van der Waals surface area contributed by atoms with Crippen LogP contribution in [0.2, 0.25) is 0 Å². The Kier molecular flexibility index (Phi) is 4.02. The van der Waals surface area contributed by atoms with Crippen LogP contribution in [0.3, 0.4) is 0 Å². The minimum atomic E-state index is -1.10. The van der Waals surface area contributed by atoms with Crippen molar-refractivity contribution in [1.82, 2.24) is 0 Å². The van der Waals surface area contributed by atoms with Crippen LogP contribution in [-0.2, 0) is 0 Å². The van der Waals surface area contributed by atoms with Crippen LogP contribution >= 0.6 is 0 Å². The Hall–Kier alpha value is -1.41. The van der Waals surface area contributed by atoms with Crippen molar-refractivity contribution in [3.05, 3.63) is 48.0 Å². The molecule has 2 nitrogen and oxygen atoms in total. The Morgan fingerprint density at radius 1 is 1.38 bits per heavy atom. The first-order valence-electron chi connectivity index (χ1n) is 5.44. The molecule has 16 heavy (non-hydrogen) atoms. The first-order chi connectivity index (χ1) is 7.49. The summed E-state index contributed by atoms with van der Waals surface area (Å²) < 4.78 is 0. The average molecular weight is 218 g/mol. The van der Waals surface area contributed by atoms with E-state index in [0.717, 1.165) is 0 Å². The van der Waals surface area contributed by atoms with Gasteiger partial charge in [0.2, 0.25) is 0 Å². The van der Waals surface area contributed by atoms with Gasteiger partial charge >= 0.3 is 0 Å². The third-order valence-corrected chi connectivity index (χ3v) is 2.83. The van der Waals surface area contributed by atoms with Gasteiger partial charge in [-0.2, -0.15) is 0 Å². The molecule has 1 aromatic rings. The van der Waals surface area contributed by atoms with Gasteiger partial charge in [-0.25, -0.2) is 0 Å². The van der Waals surface area contributed by atoms with E-state index < -0.39 is 11.5 Å². The molecule has 2 atom stereocenters. The average Bonchev–Trinajstić information content (AvgIpc) is 2.28. The largest absolute Gasteiger partial charge is 0.385 e. The molecule has 1 aromatic carbocycles. The molecule has 0 saturated heterocycles. The molecule has 1 N–H and O–H groups in total. The van der Waals surface area contributed by atoms with Crippen LogP contribution in [0.15, 0.2) is 42.5 Å². The molecule has 0 spiro atoms. The van der Waals surface area contributed by atoms with E-state index >= 15 is 0 Å². The zero-order chi connectivity index (χ0) is 12.2. The van der Waals surface area contributed by atoms with E-state index in [1.54, 1.807) is 38.1 Å². The Labute approximate surface area is 96.6 Å². The monoisotopic (exact) mass is 218 g/mol. The zero-order valence-electron chi connectivity index (χ0n) is 9.97.